The van der Waals surface area contributed by atoms with Gasteiger partial charge in [0.25, 0.3) is 0 Å². The fraction of sp³-hybridized carbons (Fsp3) is 0.533. The highest BCUT2D eigenvalue weighted by Crippen LogP contribution is 2.21. The number of pyridine rings is 1. The van der Waals surface area contributed by atoms with Crippen molar-refractivity contribution in [3.63, 3.8) is 0 Å². The fourth-order valence-electron chi connectivity index (χ4n) is 2.31. The number of hydrogen-bond acceptors (Lipinski definition) is 6. The van der Waals surface area contributed by atoms with Gasteiger partial charge in [0.2, 0.25) is 5.88 Å². The summed E-state index contributed by atoms with van der Waals surface area (Å²) >= 11 is 0. The highest BCUT2D eigenvalue weighted by molar-refractivity contribution is 5.28. The maximum atomic E-state index is 12.2. The summed E-state index contributed by atoms with van der Waals surface area (Å²) in [4.78, 5) is 3.95. The second kappa shape index (κ2) is 7.82. The van der Waals surface area contributed by atoms with Crippen molar-refractivity contribution in [1.29, 1.82) is 0 Å². The van der Waals surface area contributed by atoms with Crippen molar-refractivity contribution >= 4 is 0 Å². The molecule has 24 heavy (non-hydrogen) atoms. The van der Waals surface area contributed by atoms with E-state index in [0.29, 0.717) is 18.7 Å². The Labute approximate surface area is 137 Å². The molecule has 0 amide bonds. The van der Waals surface area contributed by atoms with Crippen LogP contribution >= 0.6 is 0 Å². The van der Waals surface area contributed by atoms with Gasteiger partial charge in [-0.25, -0.2) is 9.99 Å². The Kier molecular flexibility index (Phi) is 6.03. The number of aliphatic hydroxyl groups is 2. The number of aliphatic hydroxyl groups excluding tert-OH is 2. The Hall–Kier alpha value is -1.84. The molecule has 1 aromatic heterocycles. The molecule has 0 fully saturated rings. The van der Waals surface area contributed by atoms with Crippen LogP contribution in [0.2, 0.25) is 0 Å². The van der Waals surface area contributed by atoms with Crippen molar-refractivity contribution < 1.29 is 28.1 Å². The largest absolute Gasteiger partial charge is 0.468 e. The van der Waals surface area contributed by atoms with Crippen molar-refractivity contribution in [2.45, 2.75) is 25.7 Å². The third-order valence-corrected chi connectivity index (χ3v) is 3.39. The molecule has 0 aromatic carbocycles. The molecule has 0 saturated heterocycles. The van der Waals surface area contributed by atoms with Crippen LogP contribution in [0.15, 0.2) is 24.5 Å². The molecule has 2 heterocycles. The van der Waals surface area contributed by atoms with Crippen LogP contribution in [0.3, 0.4) is 0 Å². The second-order valence-corrected chi connectivity index (χ2v) is 5.56. The Morgan fingerprint density at radius 2 is 2.17 bits per heavy atom. The molecule has 0 spiro atoms. The fourth-order valence-corrected chi connectivity index (χ4v) is 2.31. The van der Waals surface area contributed by atoms with Crippen molar-refractivity contribution in [2.75, 3.05) is 26.3 Å². The molecule has 134 valence electrons. The summed E-state index contributed by atoms with van der Waals surface area (Å²) in [6.45, 7) is 1.29. The topological polar surface area (TPSA) is 69.1 Å². The zero-order chi connectivity index (χ0) is 17.7. The maximum Gasteiger partial charge on any atom is 0.422 e. The Bertz CT molecular complexity index is 581. The third-order valence-electron chi connectivity index (χ3n) is 3.39. The molecular formula is C15H20F3N3O3. The van der Waals surface area contributed by atoms with Crippen LogP contribution in [0.1, 0.15) is 11.1 Å². The number of aryl methyl sites for hydroxylation is 1. The van der Waals surface area contributed by atoms with Gasteiger partial charge in [-0.1, -0.05) is 6.08 Å². The molecule has 6 nitrogen and oxygen atoms in total. The van der Waals surface area contributed by atoms with Crippen LogP contribution in [-0.2, 0) is 6.54 Å². The van der Waals surface area contributed by atoms with Crippen molar-refractivity contribution in [1.82, 2.24) is 15.0 Å². The molecular weight excluding hydrogens is 327 g/mol. The zero-order valence-corrected chi connectivity index (χ0v) is 13.2. The van der Waals surface area contributed by atoms with E-state index in [4.69, 9.17) is 5.11 Å². The third kappa shape index (κ3) is 5.36. The van der Waals surface area contributed by atoms with Gasteiger partial charge in [-0.05, 0) is 18.6 Å². The second-order valence-electron chi connectivity index (χ2n) is 5.56. The lowest BCUT2D eigenvalue weighted by molar-refractivity contribution is -0.154. The standard InChI is InChI=1S/C15H20F3N3O3/c1-11-5-12(6-19-14(11)24-10-15(16,17)18)7-20-3-2-4-21(20)8-13(23)9-22/h2,4-6,13,22-23H,3,7-10H2,1H3. The summed E-state index contributed by atoms with van der Waals surface area (Å²) in [6.07, 6.45) is -0.0708. The van der Waals surface area contributed by atoms with E-state index < -0.39 is 18.9 Å². The number of aromatic nitrogens is 1. The molecule has 2 N–H and O–H groups in total. The molecule has 2 rings (SSSR count). The van der Waals surface area contributed by atoms with E-state index in [1.165, 1.54) is 6.20 Å². The minimum Gasteiger partial charge on any atom is -0.468 e. The Morgan fingerprint density at radius 1 is 1.42 bits per heavy atom. The molecule has 0 aliphatic carbocycles. The van der Waals surface area contributed by atoms with Gasteiger partial charge in [0.05, 0.1) is 19.3 Å². The molecule has 1 atom stereocenters. The summed E-state index contributed by atoms with van der Waals surface area (Å²) in [7, 11) is 0. The number of hydrazine groups is 1. The van der Waals surface area contributed by atoms with Crippen LogP contribution in [0.5, 0.6) is 5.88 Å². The van der Waals surface area contributed by atoms with E-state index in [-0.39, 0.29) is 19.0 Å². The number of β-amino-alcohol motifs (C(OH)–C–C–N with tert-alkyl or cyclic N) is 1. The molecule has 0 radical (unpaired) electrons. The van der Waals surface area contributed by atoms with Gasteiger partial charge in [-0.15, -0.1) is 0 Å². The number of hydrogen-bond donors (Lipinski definition) is 2. The number of halogens is 3. The summed E-state index contributed by atoms with van der Waals surface area (Å²) in [5.74, 6) is -0.0387. The Balaban J connectivity index is 1.96. The van der Waals surface area contributed by atoms with E-state index in [9.17, 15) is 18.3 Å². The average Bonchev–Trinajstić information content (AvgIpc) is 2.92. The molecule has 1 unspecified atom stereocenters. The van der Waals surface area contributed by atoms with E-state index in [0.717, 1.165) is 5.56 Å². The number of ether oxygens (including phenoxy) is 1. The lowest BCUT2D eigenvalue weighted by Gasteiger charge is -2.30. The van der Waals surface area contributed by atoms with Crippen LogP contribution in [0.25, 0.3) is 0 Å². The smallest absolute Gasteiger partial charge is 0.422 e. The summed E-state index contributed by atoms with van der Waals surface area (Å²) in [5, 5.41) is 22.2. The first-order valence-corrected chi connectivity index (χ1v) is 7.40. The molecule has 1 aliphatic rings. The Morgan fingerprint density at radius 3 is 2.79 bits per heavy atom. The normalized spacial score (nSPS) is 16.7. The van der Waals surface area contributed by atoms with E-state index in [1.54, 1.807) is 24.2 Å². The molecule has 0 saturated carbocycles. The first kappa shape index (κ1) is 18.5. The SMILES string of the molecule is Cc1cc(CN2CC=CN2CC(O)CO)cnc1OCC(F)(F)F. The lowest BCUT2D eigenvalue weighted by Crippen LogP contribution is -2.40. The van der Waals surface area contributed by atoms with Gasteiger partial charge in [0.1, 0.15) is 0 Å². The minimum absolute atomic E-state index is 0.0387. The minimum atomic E-state index is -4.40. The van der Waals surface area contributed by atoms with Crippen molar-refractivity contribution in [3.8, 4) is 5.88 Å². The lowest BCUT2D eigenvalue weighted by atomic mass is 10.2. The summed E-state index contributed by atoms with van der Waals surface area (Å²) < 4.78 is 41.2. The predicted molar refractivity (Wildman–Crippen MR) is 79.9 cm³/mol. The number of rotatable bonds is 7. The van der Waals surface area contributed by atoms with Crippen LogP contribution in [-0.4, -0.2) is 63.8 Å². The summed E-state index contributed by atoms with van der Waals surface area (Å²) in [6, 6.07) is 1.72. The highest BCUT2D eigenvalue weighted by Gasteiger charge is 2.29. The first-order chi connectivity index (χ1) is 11.3. The van der Waals surface area contributed by atoms with Crippen molar-refractivity contribution in [3.05, 3.63) is 35.7 Å². The first-order valence-electron chi connectivity index (χ1n) is 7.40. The van der Waals surface area contributed by atoms with E-state index in [1.807, 2.05) is 11.1 Å². The number of nitrogens with zero attached hydrogens (tertiary/aromatic N) is 3. The molecule has 9 heteroatoms. The average molecular weight is 347 g/mol. The molecule has 1 aliphatic heterocycles. The summed E-state index contributed by atoms with van der Waals surface area (Å²) in [5.41, 5.74) is 1.32. The van der Waals surface area contributed by atoms with E-state index in [2.05, 4.69) is 9.72 Å². The molecule has 0 bridgehead atoms. The van der Waals surface area contributed by atoms with Gasteiger partial charge in [-0.3, -0.25) is 0 Å². The van der Waals surface area contributed by atoms with Crippen molar-refractivity contribution in [2.24, 2.45) is 0 Å². The zero-order valence-electron chi connectivity index (χ0n) is 13.2. The van der Waals surface area contributed by atoms with Crippen LogP contribution in [0.4, 0.5) is 13.2 Å². The predicted octanol–water partition coefficient (Wildman–Crippen LogP) is 1.23. The van der Waals surface area contributed by atoms with E-state index >= 15 is 0 Å². The monoisotopic (exact) mass is 347 g/mol. The van der Waals surface area contributed by atoms with Crippen LogP contribution < -0.4 is 4.74 Å². The van der Waals surface area contributed by atoms with Crippen LogP contribution in [0, 0.1) is 6.92 Å². The molecule has 1 aromatic rings. The highest BCUT2D eigenvalue weighted by atomic mass is 19.4. The van der Waals surface area contributed by atoms with Gasteiger partial charge < -0.3 is 20.0 Å². The quantitative estimate of drug-likeness (QED) is 0.773. The maximum absolute atomic E-state index is 12.2. The van der Waals surface area contributed by atoms with Gasteiger partial charge >= 0.3 is 6.18 Å². The van der Waals surface area contributed by atoms with Gasteiger partial charge in [0.15, 0.2) is 6.61 Å². The van der Waals surface area contributed by atoms with Gasteiger partial charge in [-0.2, -0.15) is 13.2 Å². The van der Waals surface area contributed by atoms with Gasteiger partial charge in [0, 0.05) is 31.0 Å². The number of alkyl halides is 3.